The SMILES string of the molecule is CCOC(=O)N1CC=C2C(C#N)=C(N)C(C#N)(C#N)[C@H](c3cc(OC)ccc3F)[C@@H]2C1. The number of hydrogen-bond donors (Lipinski definition) is 1. The molecule has 0 spiro atoms. The molecule has 0 saturated heterocycles. The van der Waals surface area contributed by atoms with Crippen LogP contribution in [0, 0.1) is 51.1 Å². The van der Waals surface area contributed by atoms with E-state index in [0.717, 1.165) is 0 Å². The van der Waals surface area contributed by atoms with Crippen molar-refractivity contribution < 1.29 is 18.7 Å². The summed E-state index contributed by atoms with van der Waals surface area (Å²) < 4.78 is 25.3. The summed E-state index contributed by atoms with van der Waals surface area (Å²) in [5.74, 6) is -2.14. The maximum Gasteiger partial charge on any atom is 0.410 e. The molecule has 1 aliphatic carbocycles. The highest BCUT2D eigenvalue weighted by atomic mass is 19.1. The summed E-state index contributed by atoms with van der Waals surface area (Å²) >= 11 is 0. The molecule has 2 N–H and O–H groups in total. The second-order valence-electron chi connectivity index (χ2n) is 7.17. The highest BCUT2D eigenvalue weighted by molar-refractivity contribution is 5.69. The third-order valence-electron chi connectivity index (χ3n) is 5.73. The van der Waals surface area contributed by atoms with Crippen LogP contribution in [0.3, 0.4) is 0 Å². The molecule has 158 valence electrons. The van der Waals surface area contributed by atoms with Gasteiger partial charge in [0.2, 0.25) is 0 Å². The Morgan fingerprint density at radius 2 is 2.06 bits per heavy atom. The monoisotopic (exact) mass is 421 g/mol. The lowest BCUT2D eigenvalue weighted by molar-refractivity contribution is 0.0997. The van der Waals surface area contributed by atoms with Crippen molar-refractivity contribution in [3.8, 4) is 24.0 Å². The van der Waals surface area contributed by atoms with Crippen LogP contribution in [0.4, 0.5) is 9.18 Å². The van der Waals surface area contributed by atoms with E-state index < -0.39 is 29.2 Å². The van der Waals surface area contributed by atoms with Gasteiger partial charge in [0.1, 0.15) is 17.6 Å². The van der Waals surface area contributed by atoms with Crippen molar-refractivity contribution in [1.82, 2.24) is 4.90 Å². The first-order chi connectivity index (χ1) is 14.9. The number of halogens is 1. The average Bonchev–Trinajstić information content (AvgIpc) is 2.79. The number of nitrogens with two attached hydrogens (primary N) is 1. The number of ether oxygens (including phenoxy) is 2. The van der Waals surface area contributed by atoms with Crippen LogP contribution in [0.15, 0.2) is 41.1 Å². The van der Waals surface area contributed by atoms with Gasteiger partial charge in [0.05, 0.1) is 37.1 Å². The van der Waals surface area contributed by atoms with E-state index in [9.17, 15) is 20.6 Å². The topological polar surface area (TPSA) is 136 Å². The standard InChI is InChI=1S/C22H20FN5O3/c1-3-31-21(29)28-7-6-14-16(9-24)20(27)22(11-25,12-26)19(17(14)10-28)15-8-13(30-2)4-5-18(15)23/h4-6,8,17,19H,3,7,10,27H2,1-2H3/t17-,19-/m1/s1. The van der Waals surface area contributed by atoms with Gasteiger partial charge in [0.25, 0.3) is 0 Å². The van der Waals surface area contributed by atoms with Crippen LogP contribution in [-0.2, 0) is 4.74 Å². The van der Waals surface area contributed by atoms with E-state index in [4.69, 9.17) is 15.2 Å². The van der Waals surface area contributed by atoms with Crippen LogP contribution in [0.1, 0.15) is 18.4 Å². The number of benzene rings is 1. The molecule has 1 amide bonds. The Balaban J connectivity index is 2.29. The van der Waals surface area contributed by atoms with Crippen molar-refractivity contribution in [3.63, 3.8) is 0 Å². The summed E-state index contributed by atoms with van der Waals surface area (Å²) in [5, 5.41) is 29.8. The Labute approximate surface area is 179 Å². The van der Waals surface area contributed by atoms with Crippen LogP contribution in [0.5, 0.6) is 5.75 Å². The van der Waals surface area contributed by atoms with Crippen molar-refractivity contribution in [2.45, 2.75) is 12.8 Å². The zero-order valence-electron chi connectivity index (χ0n) is 17.1. The Kier molecular flexibility index (Phi) is 5.86. The first-order valence-electron chi connectivity index (χ1n) is 9.56. The van der Waals surface area contributed by atoms with E-state index in [1.165, 1.54) is 30.2 Å². The summed E-state index contributed by atoms with van der Waals surface area (Å²) in [4.78, 5) is 13.7. The summed E-state index contributed by atoms with van der Waals surface area (Å²) in [5.41, 5.74) is 4.50. The van der Waals surface area contributed by atoms with Gasteiger partial charge in [-0.05, 0) is 36.3 Å². The number of methoxy groups -OCH3 is 1. The number of amides is 1. The van der Waals surface area contributed by atoms with E-state index in [1.54, 1.807) is 13.0 Å². The van der Waals surface area contributed by atoms with E-state index in [0.29, 0.717) is 11.3 Å². The number of carbonyl (C=O) groups excluding carboxylic acids is 1. The van der Waals surface area contributed by atoms with Gasteiger partial charge in [-0.2, -0.15) is 15.8 Å². The Bertz CT molecular complexity index is 1090. The number of carbonyl (C=O) groups is 1. The summed E-state index contributed by atoms with van der Waals surface area (Å²) in [6, 6.07) is 9.87. The lowest BCUT2D eigenvalue weighted by Gasteiger charge is -2.45. The van der Waals surface area contributed by atoms with Crippen LogP contribution < -0.4 is 10.5 Å². The van der Waals surface area contributed by atoms with Crippen LogP contribution in [0.2, 0.25) is 0 Å². The number of fused-ring (bicyclic) bond motifs is 1. The minimum atomic E-state index is -2.02. The van der Waals surface area contributed by atoms with E-state index in [-0.39, 0.29) is 36.5 Å². The van der Waals surface area contributed by atoms with E-state index in [1.807, 2.05) is 18.2 Å². The first-order valence-corrected chi connectivity index (χ1v) is 9.56. The van der Waals surface area contributed by atoms with Gasteiger partial charge in [-0.15, -0.1) is 0 Å². The second kappa shape index (κ2) is 8.38. The maximum absolute atomic E-state index is 15.0. The molecular weight excluding hydrogens is 401 g/mol. The molecule has 0 fully saturated rings. The first kappa shape index (κ1) is 21.7. The quantitative estimate of drug-likeness (QED) is 0.792. The molecule has 0 radical (unpaired) electrons. The molecule has 0 saturated carbocycles. The Morgan fingerprint density at radius 3 is 2.65 bits per heavy atom. The largest absolute Gasteiger partial charge is 0.497 e. The highest BCUT2D eigenvalue weighted by Crippen LogP contribution is 2.54. The third kappa shape index (κ3) is 3.33. The van der Waals surface area contributed by atoms with Gasteiger partial charge < -0.3 is 20.1 Å². The van der Waals surface area contributed by atoms with Gasteiger partial charge in [-0.3, -0.25) is 0 Å². The third-order valence-corrected chi connectivity index (χ3v) is 5.73. The summed E-state index contributed by atoms with van der Waals surface area (Å²) in [6.45, 7) is 2.02. The minimum Gasteiger partial charge on any atom is -0.497 e. The molecule has 8 nitrogen and oxygen atoms in total. The number of rotatable bonds is 3. The lowest BCUT2D eigenvalue weighted by Crippen LogP contribution is -2.49. The maximum atomic E-state index is 15.0. The predicted octanol–water partition coefficient (Wildman–Crippen LogP) is 2.72. The summed E-state index contributed by atoms with van der Waals surface area (Å²) in [7, 11) is 1.41. The number of allylic oxidation sites excluding steroid dienone is 2. The number of hydrogen-bond acceptors (Lipinski definition) is 7. The van der Waals surface area contributed by atoms with Crippen LogP contribution >= 0.6 is 0 Å². The van der Waals surface area contributed by atoms with E-state index >= 15 is 4.39 Å². The van der Waals surface area contributed by atoms with Crippen molar-refractivity contribution in [2.24, 2.45) is 17.1 Å². The fourth-order valence-electron chi connectivity index (χ4n) is 4.27. The zero-order chi connectivity index (χ0) is 22.8. The molecule has 31 heavy (non-hydrogen) atoms. The van der Waals surface area contributed by atoms with Crippen molar-refractivity contribution >= 4 is 6.09 Å². The van der Waals surface area contributed by atoms with E-state index in [2.05, 4.69) is 0 Å². The molecular formula is C22H20FN5O3. The Hall–Kier alpha value is -4.03. The van der Waals surface area contributed by atoms with Crippen molar-refractivity contribution in [2.75, 3.05) is 26.8 Å². The lowest BCUT2D eigenvalue weighted by atomic mass is 9.58. The van der Waals surface area contributed by atoms with Gasteiger partial charge in [0.15, 0.2) is 5.41 Å². The van der Waals surface area contributed by atoms with Crippen LogP contribution in [-0.4, -0.2) is 37.8 Å². The number of nitrogens with zero attached hydrogens (tertiary/aromatic N) is 4. The molecule has 0 aromatic heterocycles. The van der Waals surface area contributed by atoms with Gasteiger partial charge >= 0.3 is 6.09 Å². The fourth-order valence-corrected chi connectivity index (χ4v) is 4.27. The predicted molar refractivity (Wildman–Crippen MR) is 106 cm³/mol. The molecule has 1 heterocycles. The second-order valence-corrected chi connectivity index (χ2v) is 7.17. The average molecular weight is 421 g/mol. The molecule has 0 bridgehead atoms. The van der Waals surface area contributed by atoms with Crippen LogP contribution in [0.25, 0.3) is 0 Å². The van der Waals surface area contributed by atoms with Crippen molar-refractivity contribution in [3.05, 3.63) is 52.5 Å². The molecule has 1 aromatic carbocycles. The smallest absolute Gasteiger partial charge is 0.410 e. The molecule has 3 rings (SSSR count). The molecule has 0 unspecified atom stereocenters. The van der Waals surface area contributed by atoms with Gasteiger partial charge in [0, 0.05) is 24.9 Å². The zero-order valence-corrected chi connectivity index (χ0v) is 17.1. The molecule has 9 heteroatoms. The fraction of sp³-hybridized carbons (Fsp3) is 0.364. The molecule has 1 aliphatic heterocycles. The summed E-state index contributed by atoms with van der Waals surface area (Å²) in [6.07, 6.45) is 1.06. The minimum absolute atomic E-state index is 0.0103. The molecule has 2 aliphatic rings. The van der Waals surface area contributed by atoms with Crippen molar-refractivity contribution in [1.29, 1.82) is 15.8 Å². The highest BCUT2D eigenvalue weighted by Gasteiger charge is 2.55. The Morgan fingerprint density at radius 1 is 1.35 bits per heavy atom. The van der Waals surface area contributed by atoms with Gasteiger partial charge in [-0.1, -0.05) is 6.08 Å². The number of nitriles is 3. The normalized spacial score (nSPS) is 21.7. The molecule has 2 atom stereocenters. The molecule has 1 aromatic rings. The van der Waals surface area contributed by atoms with Gasteiger partial charge in [-0.25, -0.2) is 9.18 Å².